The van der Waals surface area contributed by atoms with E-state index in [1.54, 1.807) is 6.07 Å². The van der Waals surface area contributed by atoms with Gasteiger partial charge < -0.3 is 9.84 Å². The van der Waals surface area contributed by atoms with Gasteiger partial charge in [0.15, 0.2) is 0 Å². The van der Waals surface area contributed by atoms with E-state index in [0.29, 0.717) is 0 Å². The van der Waals surface area contributed by atoms with Crippen LogP contribution in [0, 0.1) is 12.8 Å². The van der Waals surface area contributed by atoms with Gasteiger partial charge in [-0.15, -0.1) is 11.3 Å². The summed E-state index contributed by atoms with van der Waals surface area (Å²) in [5, 5.41) is 9.07. The summed E-state index contributed by atoms with van der Waals surface area (Å²) in [7, 11) is -2.26. The summed E-state index contributed by atoms with van der Waals surface area (Å²) >= 11 is 1.17. The third kappa shape index (κ3) is 2.66. The molecule has 0 aromatic carbocycles. The number of aryl methyl sites for hydroxylation is 1. The van der Waals surface area contributed by atoms with Gasteiger partial charge in [0, 0.05) is 11.9 Å². The summed E-state index contributed by atoms with van der Waals surface area (Å²) in [4.78, 5) is 12.0. The fourth-order valence-electron chi connectivity index (χ4n) is 2.01. The smallest absolute Gasteiger partial charge is 0.310 e. The van der Waals surface area contributed by atoms with Crippen LogP contribution in [0.2, 0.25) is 0 Å². The Labute approximate surface area is 115 Å². The highest BCUT2D eigenvalue weighted by atomic mass is 32.2. The normalized spacial score (nSPS) is 23.9. The van der Waals surface area contributed by atoms with Gasteiger partial charge in [-0.25, -0.2) is 8.42 Å². The number of rotatable bonds is 4. The number of carboxylic acids is 1. The number of carboxylic acid groups (broad SMARTS) is 1. The molecule has 0 spiro atoms. The maximum absolute atomic E-state index is 12.4. The third-order valence-corrected chi connectivity index (χ3v) is 6.53. The Morgan fingerprint density at radius 1 is 1.47 bits per heavy atom. The van der Waals surface area contributed by atoms with Crippen LogP contribution in [0.25, 0.3) is 0 Å². The molecule has 2 atom stereocenters. The fourth-order valence-corrected chi connectivity index (χ4v) is 4.85. The first-order valence-corrected chi connectivity index (χ1v) is 7.94. The van der Waals surface area contributed by atoms with Crippen molar-refractivity contribution in [3.8, 4) is 0 Å². The van der Waals surface area contributed by atoms with E-state index in [4.69, 9.17) is 9.84 Å². The van der Waals surface area contributed by atoms with Crippen molar-refractivity contribution in [3.05, 3.63) is 17.0 Å². The Balaban J connectivity index is 2.28. The molecule has 0 saturated carbocycles. The number of aliphatic carboxylic acids is 1. The summed E-state index contributed by atoms with van der Waals surface area (Å²) in [5.41, 5.74) is 0. The van der Waals surface area contributed by atoms with Crippen LogP contribution in [0.3, 0.4) is 0 Å². The Morgan fingerprint density at radius 2 is 2.16 bits per heavy atom. The molecule has 106 valence electrons. The van der Waals surface area contributed by atoms with E-state index in [1.807, 2.05) is 6.92 Å². The molecule has 6 nitrogen and oxygen atoms in total. The van der Waals surface area contributed by atoms with Gasteiger partial charge in [-0.2, -0.15) is 4.31 Å². The maximum atomic E-state index is 12.4. The van der Waals surface area contributed by atoms with E-state index in [9.17, 15) is 13.2 Å². The SMILES string of the molecule is Cc1ccc(S(=O)(=O)N(C)C2COCC2C(=O)O)s1. The van der Waals surface area contributed by atoms with E-state index in [0.717, 1.165) is 9.18 Å². The maximum Gasteiger partial charge on any atom is 0.310 e. The molecule has 1 N–H and O–H groups in total. The van der Waals surface area contributed by atoms with Crippen molar-refractivity contribution in [1.29, 1.82) is 0 Å². The number of ether oxygens (including phenoxy) is 1. The fraction of sp³-hybridized carbons (Fsp3) is 0.545. The topological polar surface area (TPSA) is 83.9 Å². The second-order valence-electron chi connectivity index (χ2n) is 4.44. The summed E-state index contributed by atoms with van der Waals surface area (Å²) < 4.78 is 31.2. The molecule has 2 unspecified atom stereocenters. The molecular weight excluding hydrogens is 290 g/mol. The van der Waals surface area contributed by atoms with Gasteiger partial charge in [0.25, 0.3) is 10.0 Å². The molecule has 0 aliphatic carbocycles. The molecule has 0 radical (unpaired) electrons. The Bertz CT molecular complexity index is 580. The van der Waals surface area contributed by atoms with Crippen LogP contribution < -0.4 is 0 Å². The molecule has 2 rings (SSSR count). The number of thiophene rings is 1. The number of hydrogen-bond donors (Lipinski definition) is 1. The zero-order valence-corrected chi connectivity index (χ0v) is 12.2. The van der Waals surface area contributed by atoms with E-state index < -0.39 is 28.0 Å². The molecule has 8 heteroatoms. The van der Waals surface area contributed by atoms with Gasteiger partial charge >= 0.3 is 5.97 Å². The number of likely N-dealkylation sites (N-methyl/N-ethyl adjacent to an activating group) is 1. The van der Waals surface area contributed by atoms with Gasteiger partial charge in [0.05, 0.1) is 25.2 Å². The van der Waals surface area contributed by atoms with E-state index in [1.165, 1.54) is 24.5 Å². The first-order chi connectivity index (χ1) is 8.84. The molecular formula is C11H15NO5S2. The third-order valence-electron chi connectivity index (χ3n) is 3.18. The van der Waals surface area contributed by atoms with Crippen LogP contribution in [0.4, 0.5) is 0 Å². The zero-order valence-electron chi connectivity index (χ0n) is 10.6. The van der Waals surface area contributed by atoms with Crippen molar-refractivity contribution in [3.63, 3.8) is 0 Å². The van der Waals surface area contributed by atoms with E-state index >= 15 is 0 Å². The molecule has 2 heterocycles. The standard InChI is InChI=1S/C11H15NO5S2/c1-7-3-4-10(18-7)19(15,16)12(2)9-6-17-5-8(9)11(13)14/h3-4,8-9H,5-6H2,1-2H3,(H,13,14). The van der Waals surface area contributed by atoms with Crippen molar-refractivity contribution in [2.45, 2.75) is 17.2 Å². The minimum absolute atomic E-state index is 0.0450. The molecule has 0 bridgehead atoms. The molecule has 1 fully saturated rings. The molecule has 19 heavy (non-hydrogen) atoms. The van der Waals surface area contributed by atoms with Gasteiger partial charge in [-0.3, -0.25) is 4.79 Å². The number of nitrogens with zero attached hydrogens (tertiary/aromatic N) is 1. The lowest BCUT2D eigenvalue weighted by atomic mass is 10.1. The molecule has 1 saturated heterocycles. The van der Waals surface area contributed by atoms with Gasteiger partial charge in [-0.1, -0.05) is 0 Å². The first kappa shape index (κ1) is 14.4. The van der Waals surface area contributed by atoms with Gasteiger partial charge in [0.1, 0.15) is 4.21 Å². The number of carbonyl (C=O) groups is 1. The van der Waals surface area contributed by atoms with Crippen LogP contribution in [0.5, 0.6) is 0 Å². The lowest BCUT2D eigenvalue weighted by Crippen LogP contribution is -2.43. The second-order valence-corrected chi connectivity index (χ2v) is 7.95. The average molecular weight is 305 g/mol. The van der Waals surface area contributed by atoms with E-state index in [-0.39, 0.29) is 17.4 Å². The van der Waals surface area contributed by atoms with Crippen molar-refractivity contribution in [2.24, 2.45) is 5.92 Å². The molecule has 1 aliphatic rings. The lowest BCUT2D eigenvalue weighted by molar-refractivity contribution is -0.142. The summed E-state index contributed by atoms with van der Waals surface area (Å²) in [6.07, 6.45) is 0. The summed E-state index contributed by atoms with van der Waals surface area (Å²) in [5.74, 6) is -1.85. The van der Waals surface area contributed by atoms with Crippen LogP contribution in [0.1, 0.15) is 4.88 Å². The monoisotopic (exact) mass is 305 g/mol. The Hall–Kier alpha value is -0.960. The highest BCUT2D eigenvalue weighted by Gasteiger charge is 2.41. The van der Waals surface area contributed by atoms with Crippen molar-refractivity contribution >= 4 is 27.3 Å². The van der Waals surface area contributed by atoms with Crippen molar-refractivity contribution < 1.29 is 23.1 Å². The van der Waals surface area contributed by atoms with E-state index in [2.05, 4.69) is 0 Å². The van der Waals surface area contributed by atoms with Crippen LogP contribution in [-0.2, 0) is 19.6 Å². The molecule has 1 aliphatic heterocycles. The molecule has 0 amide bonds. The minimum Gasteiger partial charge on any atom is -0.481 e. The highest BCUT2D eigenvalue weighted by Crippen LogP contribution is 2.28. The quantitative estimate of drug-likeness (QED) is 0.888. The second kappa shape index (κ2) is 5.20. The lowest BCUT2D eigenvalue weighted by Gasteiger charge is -2.24. The largest absolute Gasteiger partial charge is 0.481 e. The van der Waals surface area contributed by atoms with Crippen LogP contribution in [0.15, 0.2) is 16.3 Å². The Morgan fingerprint density at radius 3 is 2.68 bits per heavy atom. The predicted molar refractivity (Wildman–Crippen MR) is 69.7 cm³/mol. The molecule has 1 aromatic heterocycles. The van der Waals surface area contributed by atoms with Gasteiger partial charge in [-0.05, 0) is 19.1 Å². The number of sulfonamides is 1. The van der Waals surface area contributed by atoms with Gasteiger partial charge in [0.2, 0.25) is 0 Å². The zero-order chi connectivity index (χ0) is 14.2. The van der Waals surface area contributed by atoms with Crippen LogP contribution >= 0.6 is 11.3 Å². The van der Waals surface area contributed by atoms with Crippen molar-refractivity contribution in [1.82, 2.24) is 4.31 Å². The Kier molecular flexibility index (Phi) is 3.95. The average Bonchev–Trinajstić information content (AvgIpc) is 2.95. The summed E-state index contributed by atoms with van der Waals surface area (Å²) in [6, 6.07) is 2.60. The molecule has 1 aromatic rings. The van der Waals surface area contributed by atoms with Crippen molar-refractivity contribution in [2.75, 3.05) is 20.3 Å². The number of hydrogen-bond acceptors (Lipinski definition) is 5. The minimum atomic E-state index is -3.66. The van der Waals surface area contributed by atoms with Crippen LogP contribution in [-0.4, -0.2) is 50.1 Å². The predicted octanol–water partition coefficient (Wildman–Crippen LogP) is 0.777. The summed E-state index contributed by atoms with van der Waals surface area (Å²) in [6.45, 7) is 1.98. The first-order valence-electron chi connectivity index (χ1n) is 5.69. The highest BCUT2D eigenvalue weighted by molar-refractivity contribution is 7.91.